The van der Waals surface area contributed by atoms with E-state index >= 15 is 0 Å². The number of halogens is 4. The van der Waals surface area contributed by atoms with Crippen molar-refractivity contribution >= 4 is 0 Å². The van der Waals surface area contributed by atoms with E-state index in [1.165, 1.54) is 19.1 Å². The zero-order valence-corrected chi connectivity index (χ0v) is 8.81. The lowest BCUT2D eigenvalue weighted by Gasteiger charge is -2.18. The zero-order valence-electron chi connectivity index (χ0n) is 8.81. The Morgan fingerprint density at radius 1 is 1.06 bits per heavy atom. The molecule has 0 aliphatic heterocycles. The maximum absolute atomic E-state index is 13.5. The average molecular weight is 235 g/mol. The van der Waals surface area contributed by atoms with Crippen molar-refractivity contribution in [1.29, 1.82) is 0 Å². The molecule has 0 amide bonds. The molecule has 1 unspecified atom stereocenters. The van der Waals surface area contributed by atoms with Crippen LogP contribution >= 0.6 is 0 Å². The summed E-state index contributed by atoms with van der Waals surface area (Å²) in [6.07, 6.45) is -4.34. The minimum atomic E-state index is -4.36. The fourth-order valence-electron chi connectivity index (χ4n) is 1.31. The summed E-state index contributed by atoms with van der Waals surface area (Å²) in [5.41, 5.74) is 3.39. The number of alkyl halides is 4. The van der Waals surface area contributed by atoms with Crippen LogP contribution in [0.5, 0.6) is 0 Å². The van der Waals surface area contributed by atoms with Gasteiger partial charge in [-0.05, 0) is 24.6 Å². The van der Waals surface area contributed by atoms with Crippen molar-refractivity contribution in [3.63, 3.8) is 0 Å². The molecule has 0 aromatic heterocycles. The Kier molecular flexibility index (Phi) is 3.57. The van der Waals surface area contributed by atoms with Gasteiger partial charge in [-0.3, -0.25) is 0 Å². The van der Waals surface area contributed by atoms with Crippen LogP contribution in [-0.4, -0.2) is 12.2 Å². The summed E-state index contributed by atoms with van der Waals surface area (Å²) in [5.74, 6) is 0. The van der Waals surface area contributed by atoms with Gasteiger partial charge >= 0.3 is 6.18 Å². The first-order valence-corrected chi connectivity index (χ1v) is 4.80. The van der Waals surface area contributed by atoms with Crippen molar-refractivity contribution in [1.82, 2.24) is 0 Å². The third-order valence-electron chi connectivity index (χ3n) is 2.28. The number of nitrogens with two attached hydrogens (primary N) is 1. The van der Waals surface area contributed by atoms with Crippen molar-refractivity contribution < 1.29 is 17.6 Å². The van der Waals surface area contributed by atoms with E-state index in [-0.39, 0.29) is 13.0 Å². The second-order valence-electron chi connectivity index (χ2n) is 3.99. The van der Waals surface area contributed by atoms with Gasteiger partial charge in [-0.2, -0.15) is 13.2 Å². The highest BCUT2D eigenvalue weighted by atomic mass is 19.4. The molecule has 16 heavy (non-hydrogen) atoms. The minimum Gasteiger partial charge on any atom is -0.328 e. The smallest absolute Gasteiger partial charge is 0.328 e. The fraction of sp³-hybridized carbons (Fsp3) is 0.455. The summed E-state index contributed by atoms with van der Waals surface area (Å²) in [4.78, 5) is 0. The van der Waals surface area contributed by atoms with E-state index < -0.39 is 17.4 Å². The van der Waals surface area contributed by atoms with Crippen molar-refractivity contribution in [3.8, 4) is 0 Å². The van der Waals surface area contributed by atoms with Crippen LogP contribution in [0.3, 0.4) is 0 Å². The summed E-state index contributed by atoms with van der Waals surface area (Å²) in [6.45, 7) is 1.17. The first kappa shape index (κ1) is 13.0. The van der Waals surface area contributed by atoms with Crippen molar-refractivity contribution in [3.05, 3.63) is 35.4 Å². The third-order valence-corrected chi connectivity index (χ3v) is 2.28. The normalized spacial score (nSPS) is 15.9. The summed E-state index contributed by atoms with van der Waals surface area (Å²) in [6, 6.07) is 4.44. The fourth-order valence-corrected chi connectivity index (χ4v) is 1.31. The Morgan fingerprint density at radius 3 is 1.94 bits per heavy atom. The standard InChI is InChI=1S/C11H13F4N/c1-10(12,7-16)6-8-2-4-9(5-3-8)11(13,14)15/h2-5H,6-7,16H2,1H3. The van der Waals surface area contributed by atoms with Gasteiger partial charge in [-0.25, -0.2) is 4.39 Å². The number of hydrogen-bond donors (Lipinski definition) is 1. The number of benzene rings is 1. The Balaban J connectivity index is 2.80. The molecule has 0 spiro atoms. The van der Waals surface area contributed by atoms with Crippen molar-refractivity contribution in [2.24, 2.45) is 5.73 Å². The summed E-state index contributed by atoms with van der Waals surface area (Å²) >= 11 is 0. The molecule has 1 aromatic carbocycles. The first-order valence-electron chi connectivity index (χ1n) is 4.80. The van der Waals surface area contributed by atoms with E-state index in [1.54, 1.807) is 0 Å². The van der Waals surface area contributed by atoms with E-state index in [1.807, 2.05) is 0 Å². The van der Waals surface area contributed by atoms with Gasteiger partial charge < -0.3 is 5.73 Å². The molecule has 0 heterocycles. The van der Waals surface area contributed by atoms with E-state index in [0.29, 0.717) is 5.56 Å². The minimum absolute atomic E-state index is 0.0155. The van der Waals surface area contributed by atoms with Gasteiger partial charge in [0.1, 0.15) is 5.67 Å². The largest absolute Gasteiger partial charge is 0.416 e. The highest BCUT2D eigenvalue weighted by molar-refractivity contribution is 5.25. The van der Waals surface area contributed by atoms with E-state index in [4.69, 9.17) is 5.73 Å². The second-order valence-corrected chi connectivity index (χ2v) is 3.99. The monoisotopic (exact) mass is 235 g/mol. The molecule has 90 valence electrons. The number of hydrogen-bond acceptors (Lipinski definition) is 1. The molecule has 0 saturated heterocycles. The van der Waals surface area contributed by atoms with Crippen LogP contribution < -0.4 is 5.73 Å². The molecule has 0 fully saturated rings. The predicted octanol–water partition coefficient (Wildman–Crippen LogP) is 2.93. The molecule has 0 aliphatic rings. The molecular weight excluding hydrogens is 222 g/mol. The van der Waals surface area contributed by atoms with Gasteiger partial charge in [-0.15, -0.1) is 0 Å². The van der Waals surface area contributed by atoms with E-state index in [0.717, 1.165) is 12.1 Å². The Hall–Kier alpha value is -1.10. The van der Waals surface area contributed by atoms with Crippen molar-refractivity contribution in [2.45, 2.75) is 25.2 Å². The van der Waals surface area contributed by atoms with Gasteiger partial charge in [-0.1, -0.05) is 12.1 Å². The van der Waals surface area contributed by atoms with Crippen molar-refractivity contribution in [2.75, 3.05) is 6.54 Å². The molecule has 1 aromatic rings. The second kappa shape index (κ2) is 4.41. The molecule has 0 aliphatic carbocycles. The van der Waals surface area contributed by atoms with Crippen LogP contribution in [0.15, 0.2) is 24.3 Å². The maximum Gasteiger partial charge on any atom is 0.416 e. The zero-order chi connectivity index (χ0) is 12.4. The summed E-state index contributed by atoms with van der Waals surface area (Å²) in [7, 11) is 0. The quantitative estimate of drug-likeness (QED) is 0.801. The molecule has 1 atom stereocenters. The SMILES string of the molecule is CC(F)(CN)Cc1ccc(C(F)(F)F)cc1. The molecule has 5 heteroatoms. The van der Waals surface area contributed by atoms with Crippen LogP contribution in [0, 0.1) is 0 Å². The predicted molar refractivity (Wildman–Crippen MR) is 53.7 cm³/mol. The van der Waals surface area contributed by atoms with Gasteiger partial charge in [0.25, 0.3) is 0 Å². The Labute approximate surface area is 91.3 Å². The first-order chi connectivity index (χ1) is 7.24. The lowest BCUT2D eigenvalue weighted by molar-refractivity contribution is -0.137. The average Bonchev–Trinajstić information content (AvgIpc) is 2.16. The van der Waals surface area contributed by atoms with Crippen LogP contribution in [0.2, 0.25) is 0 Å². The lowest BCUT2D eigenvalue weighted by atomic mass is 9.97. The maximum atomic E-state index is 13.5. The number of rotatable bonds is 3. The van der Waals surface area contributed by atoms with Gasteiger partial charge in [0, 0.05) is 13.0 Å². The van der Waals surface area contributed by atoms with Gasteiger partial charge in [0.2, 0.25) is 0 Å². The lowest BCUT2D eigenvalue weighted by Crippen LogP contribution is -2.31. The molecule has 0 radical (unpaired) electrons. The molecular formula is C11H13F4N. The highest BCUT2D eigenvalue weighted by Gasteiger charge is 2.30. The van der Waals surface area contributed by atoms with E-state index in [9.17, 15) is 17.6 Å². The van der Waals surface area contributed by atoms with Crippen LogP contribution in [-0.2, 0) is 12.6 Å². The summed E-state index contributed by atoms with van der Waals surface area (Å²) in [5, 5.41) is 0. The van der Waals surface area contributed by atoms with Crippen LogP contribution in [0.4, 0.5) is 17.6 Å². The van der Waals surface area contributed by atoms with E-state index in [2.05, 4.69) is 0 Å². The molecule has 0 saturated carbocycles. The Bertz CT molecular complexity index is 340. The molecule has 2 N–H and O–H groups in total. The van der Waals surface area contributed by atoms with Crippen LogP contribution in [0.25, 0.3) is 0 Å². The molecule has 0 bridgehead atoms. The van der Waals surface area contributed by atoms with Crippen LogP contribution in [0.1, 0.15) is 18.1 Å². The van der Waals surface area contributed by atoms with Gasteiger partial charge in [0.15, 0.2) is 0 Å². The third kappa shape index (κ3) is 3.48. The summed E-state index contributed by atoms with van der Waals surface area (Å²) < 4.78 is 50.2. The highest BCUT2D eigenvalue weighted by Crippen LogP contribution is 2.29. The Morgan fingerprint density at radius 2 is 1.56 bits per heavy atom. The topological polar surface area (TPSA) is 26.0 Å². The molecule has 1 rings (SSSR count). The van der Waals surface area contributed by atoms with Gasteiger partial charge in [0.05, 0.1) is 5.56 Å². The molecule has 1 nitrogen and oxygen atoms in total.